The lowest BCUT2D eigenvalue weighted by Gasteiger charge is -2.08. The summed E-state index contributed by atoms with van der Waals surface area (Å²) in [4.78, 5) is 4.42. The van der Waals surface area contributed by atoms with Gasteiger partial charge in [0.1, 0.15) is 5.52 Å². The summed E-state index contributed by atoms with van der Waals surface area (Å²) in [7, 11) is 0. The Bertz CT molecular complexity index is 807. The Kier molecular flexibility index (Phi) is 2.79. The Morgan fingerprint density at radius 2 is 2.05 bits per heavy atom. The molecule has 0 atom stereocenters. The number of hydrogen-bond donors (Lipinski definition) is 2. The van der Waals surface area contributed by atoms with Crippen LogP contribution in [-0.4, -0.2) is 31.0 Å². The Balaban J connectivity index is 2.31. The van der Waals surface area contributed by atoms with E-state index in [-0.39, 0.29) is 5.84 Å². The first-order valence-corrected chi connectivity index (χ1v) is 5.97. The minimum absolute atomic E-state index is 0.0212. The zero-order valence-corrected chi connectivity index (χ0v) is 10.7. The standard InChI is InChI=1S/C13H12N6O/c1-8-6-7-9(12(14)17-20)13(15-8)19-11-5-3-2-4-10(11)16-18-19/h2-7,20H,1H3,(H2,14,17). The van der Waals surface area contributed by atoms with E-state index in [4.69, 9.17) is 10.9 Å². The molecule has 0 saturated carbocycles. The first kappa shape index (κ1) is 12.1. The van der Waals surface area contributed by atoms with Crippen molar-refractivity contribution in [3.05, 3.63) is 47.7 Å². The minimum Gasteiger partial charge on any atom is -0.409 e. The number of oxime groups is 1. The van der Waals surface area contributed by atoms with Crippen LogP contribution in [0.1, 0.15) is 11.3 Å². The summed E-state index contributed by atoms with van der Waals surface area (Å²) in [6, 6.07) is 11.0. The molecule has 7 heteroatoms. The Hall–Kier alpha value is -2.96. The van der Waals surface area contributed by atoms with E-state index in [9.17, 15) is 0 Å². The molecule has 0 aliphatic carbocycles. The van der Waals surface area contributed by atoms with E-state index < -0.39 is 0 Å². The molecule has 0 fully saturated rings. The molecule has 0 spiro atoms. The second-order valence-electron chi connectivity index (χ2n) is 4.30. The summed E-state index contributed by atoms with van der Waals surface area (Å²) in [5, 5.41) is 20.1. The second-order valence-corrected chi connectivity index (χ2v) is 4.30. The molecule has 1 aromatic carbocycles. The molecular weight excluding hydrogens is 256 g/mol. The fraction of sp³-hybridized carbons (Fsp3) is 0.0769. The summed E-state index contributed by atoms with van der Waals surface area (Å²) in [6.07, 6.45) is 0. The van der Waals surface area contributed by atoms with Crippen molar-refractivity contribution in [2.24, 2.45) is 10.9 Å². The first-order valence-electron chi connectivity index (χ1n) is 5.97. The van der Waals surface area contributed by atoms with Crippen molar-refractivity contribution in [2.75, 3.05) is 0 Å². The van der Waals surface area contributed by atoms with E-state index in [1.165, 1.54) is 0 Å². The van der Waals surface area contributed by atoms with Crippen LogP contribution in [0.15, 0.2) is 41.6 Å². The van der Waals surface area contributed by atoms with E-state index in [2.05, 4.69) is 20.5 Å². The molecular formula is C13H12N6O. The number of benzene rings is 1. The molecule has 2 heterocycles. The van der Waals surface area contributed by atoms with Crippen LogP contribution in [0.5, 0.6) is 0 Å². The average molecular weight is 268 g/mol. The van der Waals surface area contributed by atoms with Crippen molar-refractivity contribution < 1.29 is 5.21 Å². The predicted molar refractivity (Wildman–Crippen MR) is 73.9 cm³/mol. The number of aryl methyl sites for hydroxylation is 1. The molecule has 0 unspecified atom stereocenters. The van der Waals surface area contributed by atoms with Gasteiger partial charge in [-0.1, -0.05) is 22.5 Å². The maximum absolute atomic E-state index is 8.88. The molecule has 3 N–H and O–H groups in total. The first-order chi connectivity index (χ1) is 9.70. The van der Waals surface area contributed by atoms with Crippen LogP contribution in [0.25, 0.3) is 16.9 Å². The van der Waals surface area contributed by atoms with Gasteiger partial charge < -0.3 is 10.9 Å². The molecule has 7 nitrogen and oxygen atoms in total. The van der Waals surface area contributed by atoms with Gasteiger partial charge in [-0.2, -0.15) is 4.68 Å². The number of pyridine rings is 1. The van der Waals surface area contributed by atoms with Crippen molar-refractivity contribution >= 4 is 16.9 Å². The lowest BCUT2D eigenvalue weighted by Crippen LogP contribution is -2.18. The quantitative estimate of drug-likeness (QED) is 0.315. The highest BCUT2D eigenvalue weighted by Gasteiger charge is 2.14. The molecule has 100 valence electrons. The van der Waals surface area contributed by atoms with Gasteiger partial charge in [0.25, 0.3) is 0 Å². The fourth-order valence-corrected chi connectivity index (χ4v) is 1.98. The summed E-state index contributed by atoms with van der Waals surface area (Å²) in [5.41, 5.74) is 8.54. The van der Waals surface area contributed by atoms with E-state index >= 15 is 0 Å². The molecule has 2 aromatic heterocycles. The molecule has 0 radical (unpaired) electrons. The van der Waals surface area contributed by atoms with Crippen molar-refractivity contribution in [1.82, 2.24) is 20.0 Å². The van der Waals surface area contributed by atoms with Gasteiger partial charge in [0.05, 0.1) is 11.1 Å². The highest BCUT2D eigenvalue weighted by molar-refractivity contribution is 6.00. The molecule has 0 bridgehead atoms. The Labute approximate surface area is 114 Å². The van der Waals surface area contributed by atoms with E-state index in [0.29, 0.717) is 11.4 Å². The van der Waals surface area contributed by atoms with Gasteiger partial charge >= 0.3 is 0 Å². The molecule has 0 amide bonds. The average Bonchev–Trinajstić information content (AvgIpc) is 2.90. The number of para-hydroxylation sites is 1. The monoisotopic (exact) mass is 268 g/mol. The third kappa shape index (κ3) is 1.85. The molecule has 0 saturated heterocycles. The van der Waals surface area contributed by atoms with Gasteiger partial charge in [-0.3, -0.25) is 0 Å². The normalized spacial score (nSPS) is 11.9. The van der Waals surface area contributed by atoms with Crippen molar-refractivity contribution in [3.63, 3.8) is 0 Å². The number of aromatic nitrogens is 4. The highest BCUT2D eigenvalue weighted by atomic mass is 16.4. The third-order valence-electron chi connectivity index (χ3n) is 2.95. The number of nitrogens with two attached hydrogens (primary N) is 1. The lowest BCUT2D eigenvalue weighted by atomic mass is 10.2. The van der Waals surface area contributed by atoms with Crippen molar-refractivity contribution in [1.29, 1.82) is 0 Å². The van der Waals surface area contributed by atoms with Crippen LogP contribution >= 0.6 is 0 Å². The smallest absolute Gasteiger partial charge is 0.173 e. The number of amidine groups is 1. The predicted octanol–water partition coefficient (Wildman–Crippen LogP) is 1.22. The third-order valence-corrected chi connectivity index (χ3v) is 2.95. The van der Waals surface area contributed by atoms with Crippen molar-refractivity contribution in [3.8, 4) is 5.82 Å². The van der Waals surface area contributed by atoms with Crippen LogP contribution in [0, 0.1) is 6.92 Å². The minimum atomic E-state index is -0.0212. The van der Waals surface area contributed by atoms with Crippen LogP contribution in [0.3, 0.4) is 0 Å². The maximum Gasteiger partial charge on any atom is 0.173 e. The zero-order chi connectivity index (χ0) is 14.1. The summed E-state index contributed by atoms with van der Waals surface area (Å²) >= 11 is 0. The molecule has 3 aromatic rings. The number of fused-ring (bicyclic) bond motifs is 1. The molecule has 0 aliphatic rings. The van der Waals surface area contributed by atoms with Crippen LogP contribution in [0.2, 0.25) is 0 Å². The number of rotatable bonds is 2. The Morgan fingerprint density at radius 3 is 2.85 bits per heavy atom. The summed E-state index contributed by atoms with van der Waals surface area (Å²) in [6.45, 7) is 1.86. The van der Waals surface area contributed by atoms with E-state index in [1.54, 1.807) is 16.8 Å². The van der Waals surface area contributed by atoms with Gasteiger partial charge in [0.2, 0.25) is 0 Å². The van der Waals surface area contributed by atoms with Crippen LogP contribution in [-0.2, 0) is 0 Å². The van der Waals surface area contributed by atoms with Gasteiger partial charge in [-0.05, 0) is 31.2 Å². The molecule has 20 heavy (non-hydrogen) atoms. The Morgan fingerprint density at radius 1 is 1.25 bits per heavy atom. The lowest BCUT2D eigenvalue weighted by molar-refractivity contribution is 0.318. The largest absolute Gasteiger partial charge is 0.409 e. The topological polar surface area (TPSA) is 102 Å². The highest BCUT2D eigenvalue weighted by Crippen LogP contribution is 2.18. The number of nitrogens with zero attached hydrogens (tertiary/aromatic N) is 5. The maximum atomic E-state index is 8.88. The van der Waals surface area contributed by atoms with Gasteiger partial charge in [-0.15, -0.1) is 5.10 Å². The fourth-order valence-electron chi connectivity index (χ4n) is 1.98. The van der Waals surface area contributed by atoms with Gasteiger partial charge in [-0.25, -0.2) is 4.98 Å². The van der Waals surface area contributed by atoms with E-state index in [0.717, 1.165) is 16.7 Å². The van der Waals surface area contributed by atoms with Crippen molar-refractivity contribution in [2.45, 2.75) is 6.92 Å². The summed E-state index contributed by atoms with van der Waals surface area (Å²) < 4.78 is 1.58. The van der Waals surface area contributed by atoms with Gasteiger partial charge in [0, 0.05) is 5.69 Å². The van der Waals surface area contributed by atoms with Crippen LogP contribution in [0.4, 0.5) is 0 Å². The SMILES string of the molecule is Cc1ccc(C(N)=NO)c(-n2nnc3ccccc32)n1. The zero-order valence-electron chi connectivity index (χ0n) is 10.7. The molecule has 0 aliphatic heterocycles. The molecule has 3 rings (SSSR count). The summed E-state index contributed by atoms with van der Waals surface area (Å²) in [5.74, 6) is 0.459. The van der Waals surface area contributed by atoms with E-state index in [1.807, 2.05) is 31.2 Å². The van der Waals surface area contributed by atoms with Crippen LogP contribution < -0.4 is 5.73 Å². The van der Waals surface area contributed by atoms with Gasteiger partial charge in [0.15, 0.2) is 11.7 Å². The second kappa shape index (κ2) is 4.61. The number of hydrogen-bond acceptors (Lipinski definition) is 5.